The number of benzene rings is 1. The van der Waals surface area contributed by atoms with Crippen LogP contribution in [0.1, 0.15) is 58.4 Å². The Morgan fingerprint density at radius 1 is 1.22 bits per heavy atom. The Morgan fingerprint density at radius 2 is 1.83 bits per heavy atom. The van der Waals surface area contributed by atoms with Gasteiger partial charge in [-0.1, -0.05) is 44.2 Å². The summed E-state index contributed by atoms with van der Waals surface area (Å²) in [7, 11) is 0. The highest BCUT2D eigenvalue weighted by atomic mass is 16.1. The van der Waals surface area contributed by atoms with Gasteiger partial charge in [0.05, 0.1) is 0 Å². The molecule has 3 unspecified atom stereocenters. The second-order valence-electron chi connectivity index (χ2n) is 8.06. The van der Waals surface area contributed by atoms with Crippen molar-refractivity contribution < 1.29 is 4.79 Å². The first-order valence-electron chi connectivity index (χ1n) is 9.06. The molecule has 0 radical (unpaired) electrons. The highest BCUT2D eigenvalue weighted by molar-refractivity contribution is 5.76. The van der Waals surface area contributed by atoms with Crippen molar-refractivity contribution in [2.24, 2.45) is 5.92 Å². The number of carbonyl (C=O) groups is 1. The SMILES string of the molecule is CC(NC(=O)CC1CC2CCC(C1)N2)C(C)(C)c1ccccc1. The molecule has 2 saturated heterocycles. The van der Waals surface area contributed by atoms with Crippen molar-refractivity contribution in [3.63, 3.8) is 0 Å². The minimum atomic E-state index is -0.0654. The highest BCUT2D eigenvalue weighted by Gasteiger charge is 2.35. The third kappa shape index (κ3) is 3.77. The maximum Gasteiger partial charge on any atom is 0.220 e. The van der Waals surface area contributed by atoms with Gasteiger partial charge in [0.15, 0.2) is 0 Å². The lowest BCUT2D eigenvalue weighted by atomic mass is 9.78. The van der Waals surface area contributed by atoms with Crippen molar-refractivity contribution in [1.29, 1.82) is 0 Å². The van der Waals surface area contributed by atoms with Crippen molar-refractivity contribution in [1.82, 2.24) is 10.6 Å². The van der Waals surface area contributed by atoms with Crippen molar-refractivity contribution >= 4 is 5.91 Å². The van der Waals surface area contributed by atoms with Crippen molar-refractivity contribution in [2.45, 2.75) is 76.4 Å². The lowest BCUT2D eigenvalue weighted by Crippen LogP contribution is -2.46. The largest absolute Gasteiger partial charge is 0.353 e. The molecule has 2 aliphatic rings. The quantitative estimate of drug-likeness (QED) is 0.874. The van der Waals surface area contributed by atoms with Crippen molar-refractivity contribution in [3.8, 4) is 0 Å². The Morgan fingerprint density at radius 3 is 2.43 bits per heavy atom. The van der Waals surface area contributed by atoms with Crippen LogP contribution in [-0.2, 0) is 10.2 Å². The Balaban J connectivity index is 1.55. The van der Waals surface area contributed by atoms with Gasteiger partial charge in [-0.2, -0.15) is 0 Å². The van der Waals surface area contributed by atoms with E-state index >= 15 is 0 Å². The number of hydrogen-bond donors (Lipinski definition) is 2. The maximum atomic E-state index is 12.5. The van der Waals surface area contributed by atoms with Gasteiger partial charge in [0, 0.05) is 30.0 Å². The van der Waals surface area contributed by atoms with Crippen LogP contribution in [0.25, 0.3) is 0 Å². The average Bonchev–Trinajstić information content (AvgIpc) is 2.86. The Bertz CT molecular complexity index is 528. The molecule has 2 N–H and O–H groups in total. The molecule has 3 rings (SSSR count). The molecule has 0 aromatic heterocycles. The molecule has 0 aliphatic carbocycles. The summed E-state index contributed by atoms with van der Waals surface area (Å²) in [5.41, 5.74) is 1.21. The van der Waals surface area contributed by atoms with Crippen LogP contribution in [0.4, 0.5) is 0 Å². The summed E-state index contributed by atoms with van der Waals surface area (Å²) in [6.45, 7) is 6.53. The van der Waals surface area contributed by atoms with Gasteiger partial charge in [-0.25, -0.2) is 0 Å². The number of hydrogen-bond acceptors (Lipinski definition) is 2. The number of carbonyl (C=O) groups excluding carboxylic acids is 1. The van der Waals surface area contributed by atoms with Gasteiger partial charge < -0.3 is 10.6 Å². The Hall–Kier alpha value is -1.35. The number of nitrogens with one attached hydrogen (secondary N) is 2. The van der Waals surface area contributed by atoms with Gasteiger partial charge in [0.25, 0.3) is 0 Å². The smallest absolute Gasteiger partial charge is 0.220 e. The zero-order valence-electron chi connectivity index (χ0n) is 14.6. The fourth-order valence-electron chi connectivity index (χ4n) is 4.20. The van der Waals surface area contributed by atoms with Crippen LogP contribution >= 0.6 is 0 Å². The van der Waals surface area contributed by atoms with Crippen LogP contribution in [0.3, 0.4) is 0 Å². The van der Waals surface area contributed by atoms with Gasteiger partial charge in [-0.3, -0.25) is 4.79 Å². The molecule has 2 heterocycles. The number of piperidine rings is 1. The number of fused-ring (bicyclic) bond motifs is 2. The second kappa shape index (κ2) is 6.64. The predicted molar refractivity (Wildman–Crippen MR) is 94.4 cm³/mol. The molecule has 3 atom stereocenters. The molecule has 23 heavy (non-hydrogen) atoms. The minimum Gasteiger partial charge on any atom is -0.353 e. The Labute approximate surface area is 140 Å². The van der Waals surface area contributed by atoms with Crippen LogP contribution in [0, 0.1) is 5.92 Å². The lowest BCUT2D eigenvalue weighted by molar-refractivity contribution is -0.123. The van der Waals surface area contributed by atoms with Gasteiger partial charge in [-0.15, -0.1) is 0 Å². The van der Waals surface area contributed by atoms with E-state index in [1.54, 1.807) is 0 Å². The summed E-state index contributed by atoms with van der Waals surface area (Å²) in [4.78, 5) is 12.5. The summed E-state index contributed by atoms with van der Waals surface area (Å²) >= 11 is 0. The molecule has 2 bridgehead atoms. The molecule has 0 saturated carbocycles. The van der Waals surface area contributed by atoms with E-state index in [1.165, 1.54) is 31.2 Å². The molecule has 3 heteroatoms. The van der Waals surface area contributed by atoms with Crippen LogP contribution in [-0.4, -0.2) is 24.0 Å². The van der Waals surface area contributed by atoms with Crippen LogP contribution in [0.2, 0.25) is 0 Å². The van der Waals surface area contributed by atoms with Crippen LogP contribution in [0.5, 0.6) is 0 Å². The molecule has 2 aliphatic heterocycles. The van der Waals surface area contributed by atoms with Crippen molar-refractivity contribution in [3.05, 3.63) is 35.9 Å². The Kier molecular flexibility index (Phi) is 4.77. The topological polar surface area (TPSA) is 41.1 Å². The first-order valence-corrected chi connectivity index (χ1v) is 9.06. The van der Waals surface area contributed by atoms with E-state index < -0.39 is 0 Å². The van der Waals surface area contributed by atoms with E-state index in [1.807, 2.05) is 6.07 Å². The lowest BCUT2D eigenvalue weighted by Gasteiger charge is -2.34. The minimum absolute atomic E-state index is 0.0654. The van der Waals surface area contributed by atoms with E-state index in [-0.39, 0.29) is 17.4 Å². The standard InChI is InChI=1S/C20H30N2O/c1-14(20(2,3)16-7-5-4-6-8-16)21-19(23)13-15-11-17-9-10-18(12-15)22-17/h4-8,14-15,17-18,22H,9-13H2,1-3H3,(H,21,23). The van der Waals surface area contributed by atoms with E-state index in [4.69, 9.17) is 0 Å². The van der Waals surface area contributed by atoms with Gasteiger partial charge in [-0.05, 0) is 44.1 Å². The highest BCUT2D eigenvalue weighted by Crippen LogP contribution is 2.33. The third-order valence-corrected chi connectivity index (χ3v) is 6.02. The molecular formula is C20H30N2O. The molecule has 2 fully saturated rings. The summed E-state index contributed by atoms with van der Waals surface area (Å²) < 4.78 is 0. The van der Waals surface area contributed by atoms with Gasteiger partial charge >= 0.3 is 0 Å². The molecule has 3 nitrogen and oxygen atoms in total. The fourth-order valence-corrected chi connectivity index (χ4v) is 4.20. The average molecular weight is 314 g/mol. The summed E-state index contributed by atoms with van der Waals surface area (Å²) in [5.74, 6) is 0.772. The molecule has 126 valence electrons. The fraction of sp³-hybridized carbons (Fsp3) is 0.650. The van der Waals surface area contributed by atoms with Crippen molar-refractivity contribution in [2.75, 3.05) is 0 Å². The van der Waals surface area contributed by atoms with E-state index in [0.717, 1.165) is 0 Å². The summed E-state index contributed by atoms with van der Waals surface area (Å²) in [6, 6.07) is 11.9. The summed E-state index contributed by atoms with van der Waals surface area (Å²) in [5, 5.41) is 6.91. The van der Waals surface area contributed by atoms with E-state index in [0.29, 0.717) is 24.4 Å². The molecule has 1 aromatic carbocycles. The van der Waals surface area contributed by atoms with Gasteiger partial charge in [0.2, 0.25) is 5.91 Å². The first-order chi connectivity index (χ1) is 10.9. The summed E-state index contributed by atoms with van der Waals surface area (Å²) in [6.07, 6.45) is 5.60. The second-order valence-corrected chi connectivity index (χ2v) is 8.06. The zero-order valence-corrected chi connectivity index (χ0v) is 14.6. The van der Waals surface area contributed by atoms with Crippen LogP contribution < -0.4 is 10.6 Å². The maximum absolute atomic E-state index is 12.5. The first kappa shape index (κ1) is 16.5. The van der Waals surface area contributed by atoms with Crippen LogP contribution in [0.15, 0.2) is 30.3 Å². The molecule has 1 amide bonds. The normalized spacial score (nSPS) is 28.4. The van der Waals surface area contributed by atoms with Gasteiger partial charge in [0.1, 0.15) is 0 Å². The van der Waals surface area contributed by atoms with E-state index in [2.05, 4.69) is 55.7 Å². The number of rotatable bonds is 5. The molecular weight excluding hydrogens is 284 g/mol. The third-order valence-electron chi connectivity index (χ3n) is 6.02. The zero-order chi connectivity index (χ0) is 16.4. The monoisotopic (exact) mass is 314 g/mol. The molecule has 1 aromatic rings. The predicted octanol–water partition coefficient (Wildman–Crippen LogP) is 3.39. The number of amides is 1. The molecule has 0 spiro atoms. The van der Waals surface area contributed by atoms with E-state index in [9.17, 15) is 4.79 Å².